The van der Waals surface area contributed by atoms with E-state index in [0.717, 1.165) is 6.07 Å². The maximum atomic E-state index is 12.8. The Morgan fingerprint density at radius 2 is 1.81 bits per heavy atom. The fourth-order valence-electron chi connectivity index (χ4n) is 1.28. The minimum absolute atomic E-state index is 0.0890. The van der Waals surface area contributed by atoms with Gasteiger partial charge in [0.05, 0.1) is 0 Å². The number of nitrogens with zero attached hydrogens (tertiary/aromatic N) is 1. The highest BCUT2D eigenvalue weighted by Crippen LogP contribution is 2.11. The number of benzene rings is 1. The van der Waals surface area contributed by atoms with E-state index in [1.54, 1.807) is 24.4 Å². The van der Waals surface area contributed by atoms with Crippen LogP contribution in [0.3, 0.4) is 0 Å². The van der Waals surface area contributed by atoms with Crippen LogP contribution < -0.4 is 4.74 Å². The molecule has 0 amide bonds. The number of hydrogen-bond acceptors (Lipinski definition) is 2. The third kappa shape index (κ3) is 2.76. The second-order valence-electron chi connectivity index (χ2n) is 3.23. The van der Waals surface area contributed by atoms with Crippen molar-refractivity contribution in [3.05, 3.63) is 59.8 Å². The second kappa shape index (κ2) is 4.70. The zero-order valence-corrected chi connectivity index (χ0v) is 8.36. The molecule has 2 aromatic rings. The van der Waals surface area contributed by atoms with Gasteiger partial charge >= 0.3 is 0 Å². The van der Waals surface area contributed by atoms with E-state index < -0.39 is 11.6 Å². The summed E-state index contributed by atoms with van der Waals surface area (Å²) < 4.78 is 30.9. The Bertz CT molecular complexity index is 453. The summed E-state index contributed by atoms with van der Waals surface area (Å²) >= 11 is 0. The molecular formula is C12H9F2NO. The van der Waals surface area contributed by atoms with E-state index in [1.807, 2.05) is 0 Å². The van der Waals surface area contributed by atoms with Gasteiger partial charge in [0.1, 0.15) is 18.2 Å². The predicted octanol–water partition coefficient (Wildman–Crippen LogP) is 2.94. The Labute approximate surface area is 91.5 Å². The molecule has 2 rings (SSSR count). The van der Waals surface area contributed by atoms with Crippen LogP contribution in [0.15, 0.2) is 42.6 Å². The molecular weight excluding hydrogens is 212 g/mol. The molecule has 0 atom stereocenters. The monoisotopic (exact) mass is 221 g/mol. The van der Waals surface area contributed by atoms with Crippen LogP contribution in [0.1, 0.15) is 5.56 Å². The number of halogens is 2. The van der Waals surface area contributed by atoms with Gasteiger partial charge in [0, 0.05) is 18.3 Å². The molecule has 0 radical (unpaired) electrons. The van der Waals surface area contributed by atoms with Crippen molar-refractivity contribution in [1.29, 1.82) is 0 Å². The molecule has 16 heavy (non-hydrogen) atoms. The third-order valence-corrected chi connectivity index (χ3v) is 1.95. The summed E-state index contributed by atoms with van der Waals surface area (Å²) in [5.41, 5.74) is 0.433. The third-order valence-electron chi connectivity index (χ3n) is 1.95. The molecule has 0 aliphatic carbocycles. The summed E-state index contributed by atoms with van der Waals surface area (Å²) in [7, 11) is 0. The molecule has 0 N–H and O–H groups in total. The van der Waals surface area contributed by atoms with Crippen molar-refractivity contribution >= 4 is 0 Å². The standard InChI is InChI=1S/C12H9F2NO/c13-10-5-9(6-11(14)7-10)8-16-12-3-1-2-4-15-12/h1-7H,8H2. The summed E-state index contributed by atoms with van der Waals surface area (Å²) in [6.45, 7) is 0.0890. The summed E-state index contributed by atoms with van der Waals surface area (Å²) in [5, 5.41) is 0. The van der Waals surface area contributed by atoms with Gasteiger partial charge in [-0.3, -0.25) is 0 Å². The van der Waals surface area contributed by atoms with E-state index in [-0.39, 0.29) is 6.61 Å². The van der Waals surface area contributed by atoms with Gasteiger partial charge in [-0.05, 0) is 23.8 Å². The van der Waals surface area contributed by atoms with E-state index in [9.17, 15) is 8.78 Å². The topological polar surface area (TPSA) is 22.1 Å². The largest absolute Gasteiger partial charge is 0.473 e. The van der Waals surface area contributed by atoms with Gasteiger partial charge in [-0.25, -0.2) is 13.8 Å². The quantitative estimate of drug-likeness (QED) is 0.795. The lowest BCUT2D eigenvalue weighted by Gasteiger charge is -2.05. The smallest absolute Gasteiger partial charge is 0.213 e. The molecule has 0 saturated heterocycles. The van der Waals surface area contributed by atoms with Crippen LogP contribution in [0.4, 0.5) is 8.78 Å². The zero-order chi connectivity index (χ0) is 11.4. The minimum Gasteiger partial charge on any atom is -0.473 e. The number of hydrogen-bond donors (Lipinski definition) is 0. The molecule has 4 heteroatoms. The van der Waals surface area contributed by atoms with Crippen LogP contribution in [0.25, 0.3) is 0 Å². The molecule has 0 bridgehead atoms. The van der Waals surface area contributed by atoms with Crippen LogP contribution in [0, 0.1) is 11.6 Å². The van der Waals surface area contributed by atoms with Crippen molar-refractivity contribution in [2.45, 2.75) is 6.61 Å². The lowest BCUT2D eigenvalue weighted by molar-refractivity contribution is 0.292. The van der Waals surface area contributed by atoms with Gasteiger partial charge in [-0.2, -0.15) is 0 Å². The van der Waals surface area contributed by atoms with Crippen molar-refractivity contribution < 1.29 is 13.5 Å². The van der Waals surface area contributed by atoms with Gasteiger partial charge in [0.25, 0.3) is 0 Å². The highest BCUT2D eigenvalue weighted by molar-refractivity contribution is 5.18. The average molecular weight is 221 g/mol. The molecule has 1 heterocycles. The molecule has 0 spiro atoms. The summed E-state index contributed by atoms with van der Waals surface area (Å²) in [4.78, 5) is 3.93. The number of rotatable bonds is 3. The van der Waals surface area contributed by atoms with E-state index in [0.29, 0.717) is 11.4 Å². The van der Waals surface area contributed by atoms with Gasteiger partial charge in [0.2, 0.25) is 5.88 Å². The first-order valence-electron chi connectivity index (χ1n) is 4.73. The SMILES string of the molecule is Fc1cc(F)cc(COc2ccccn2)c1. The lowest BCUT2D eigenvalue weighted by Crippen LogP contribution is -1.98. The first-order chi connectivity index (χ1) is 7.74. The summed E-state index contributed by atoms with van der Waals surface area (Å²) in [5.74, 6) is -0.800. The zero-order valence-electron chi connectivity index (χ0n) is 8.36. The molecule has 1 aromatic heterocycles. The lowest BCUT2D eigenvalue weighted by atomic mass is 10.2. The normalized spacial score (nSPS) is 10.1. The Morgan fingerprint density at radius 3 is 2.44 bits per heavy atom. The molecule has 0 saturated carbocycles. The van der Waals surface area contributed by atoms with Gasteiger partial charge in [0.15, 0.2) is 0 Å². The van der Waals surface area contributed by atoms with Crippen LogP contribution in [0.2, 0.25) is 0 Å². The first-order valence-corrected chi connectivity index (χ1v) is 4.73. The number of ether oxygens (including phenoxy) is 1. The van der Waals surface area contributed by atoms with E-state index in [1.165, 1.54) is 12.1 Å². The van der Waals surface area contributed by atoms with Crippen LogP contribution in [0.5, 0.6) is 5.88 Å². The average Bonchev–Trinajstić information content (AvgIpc) is 2.27. The maximum absolute atomic E-state index is 12.8. The van der Waals surface area contributed by atoms with Crippen molar-refractivity contribution in [1.82, 2.24) is 4.98 Å². The Hall–Kier alpha value is -1.97. The molecule has 82 valence electrons. The van der Waals surface area contributed by atoms with E-state index >= 15 is 0 Å². The summed E-state index contributed by atoms with van der Waals surface area (Å²) in [6, 6.07) is 8.49. The Kier molecular flexibility index (Phi) is 3.10. The molecule has 2 nitrogen and oxygen atoms in total. The molecule has 1 aromatic carbocycles. The molecule has 0 fully saturated rings. The van der Waals surface area contributed by atoms with Gasteiger partial charge in [-0.15, -0.1) is 0 Å². The van der Waals surface area contributed by atoms with Crippen LogP contribution >= 0.6 is 0 Å². The second-order valence-corrected chi connectivity index (χ2v) is 3.23. The minimum atomic E-state index is -0.611. The van der Waals surface area contributed by atoms with E-state index in [4.69, 9.17) is 4.74 Å². The van der Waals surface area contributed by atoms with Gasteiger partial charge in [-0.1, -0.05) is 6.07 Å². The fraction of sp³-hybridized carbons (Fsp3) is 0.0833. The number of aromatic nitrogens is 1. The maximum Gasteiger partial charge on any atom is 0.213 e. The predicted molar refractivity (Wildman–Crippen MR) is 54.9 cm³/mol. The van der Waals surface area contributed by atoms with Crippen LogP contribution in [-0.4, -0.2) is 4.98 Å². The Morgan fingerprint density at radius 1 is 1.06 bits per heavy atom. The van der Waals surface area contributed by atoms with Crippen molar-refractivity contribution in [2.75, 3.05) is 0 Å². The molecule has 0 unspecified atom stereocenters. The Balaban J connectivity index is 2.05. The first kappa shape index (κ1) is 10.5. The van der Waals surface area contributed by atoms with Crippen molar-refractivity contribution in [3.8, 4) is 5.88 Å². The summed E-state index contributed by atoms with van der Waals surface area (Å²) in [6.07, 6.45) is 1.58. The van der Waals surface area contributed by atoms with Crippen molar-refractivity contribution in [2.24, 2.45) is 0 Å². The van der Waals surface area contributed by atoms with E-state index in [2.05, 4.69) is 4.98 Å². The highest BCUT2D eigenvalue weighted by Gasteiger charge is 2.01. The van der Waals surface area contributed by atoms with Crippen LogP contribution in [-0.2, 0) is 6.61 Å². The van der Waals surface area contributed by atoms with Crippen molar-refractivity contribution in [3.63, 3.8) is 0 Å². The number of pyridine rings is 1. The van der Waals surface area contributed by atoms with Gasteiger partial charge < -0.3 is 4.74 Å². The highest BCUT2D eigenvalue weighted by atomic mass is 19.1. The fourth-order valence-corrected chi connectivity index (χ4v) is 1.28. The molecule has 0 aliphatic heterocycles. The molecule has 0 aliphatic rings.